The van der Waals surface area contributed by atoms with E-state index in [-0.39, 0.29) is 24.4 Å². The number of amides is 2. The molecular formula is C30H41N3O3. The van der Waals surface area contributed by atoms with Crippen LogP contribution in [0.1, 0.15) is 64.0 Å². The smallest absolute Gasteiger partial charge is 0.242 e. The van der Waals surface area contributed by atoms with Gasteiger partial charge in [0.2, 0.25) is 11.8 Å². The summed E-state index contributed by atoms with van der Waals surface area (Å²) in [5.41, 5.74) is 3.22. The van der Waals surface area contributed by atoms with Crippen LogP contribution in [-0.4, -0.2) is 52.8 Å². The van der Waals surface area contributed by atoms with Gasteiger partial charge in [0, 0.05) is 48.2 Å². The Morgan fingerprint density at radius 3 is 2.44 bits per heavy atom. The van der Waals surface area contributed by atoms with Crippen molar-refractivity contribution >= 4 is 22.7 Å². The summed E-state index contributed by atoms with van der Waals surface area (Å²) in [4.78, 5) is 33.6. The van der Waals surface area contributed by atoms with Crippen LogP contribution in [0.4, 0.5) is 0 Å². The molecule has 0 spiro atoms. The molecule has 3 aromatic rings. The predicted octanol–water partition coefficient (Wildman–Crippen LogP) is 5.96. The number of H-pyrrole nitrogens is 1. The van der Waals surface area contributed by atoms with Crippen LogP contribution >= 0.6 is 0 Å². The van der Waals surface area contributed by atoms with Gasteiger partial charge in [-0.3, -0.25) is 9.59 Å². The van der Waals surface area contributed by atoms with Crippen molar-refractivity contribution < 1.29 is 14.3 Å². The Morgan fingerprint density at radius 1 is 0.944 bits per heavy atom. The topological polar surface area (TPSA) is 65.6 Å². The Labute approximate surface area is 215 Å². The van der Waals surface area contributed by atoms with E-state index in [0.29, 0.717) is 19.5 Å². The van der Waals surface area contributed by atoms with E-state index in [4.69, 9.17) is 4.74 Å². The Kier molecular flexibility index (Phi) is 10.4. The van der Waals surface area contributed by atoms with E-state index in [1.54, 1.807) is 12.0 Å². The molecule has 6 nitrogen and oxygen atoms in total. The summed E-state index contributed by atoms with van der Waals surface area (Å²) in [6, 6.07) is 16.0. The molecule has 0 aliphatic carbocycles. The number of carbonyl (C=O) groups excluding carboxylic acids is 2. The van der Waals surface area contributed by atoms with E-state index in [0.717, 1.165) is 48.9 Å². The van der Waals surface area contributed by atoms with Crippen LogP contribution in [0.25, 0.3) is 10.9 Å². The van der Waals surface area contributed by atoms with Crippen LogP contribution in [0.2, 0.25) is 0 Å². The average molecular weight is 492 g/mol. The minimum atomic E-state index is -0.0450. The molecule has 1 aromatic heterocycles. The largest absolute Gasteiger partial charge is 0.496 e. The summed E-state index contributed by atoms with van der Waals surface area (Å²) in [6.07, 6.45) is 7.42. The summed E-state index contributed by atoms with van der Waals surface area (Å²) < 4.78 is 5.55. The van der Waals surface area contributed by atoms with Gasteiger partial charge in [0.25, 0.3) is 0 Å². The molecule has 1 heterocycles. The normalized spacial score (nSPS) is 11.1. The van der Waals surface area contributed by atoms with Crippen LogP contribution in [0.3, 0.4) is 0 Å². The molecule has 0 unspecified atom stereocenters. The zero-order valence-corrected chi connectivity index (χ0v) is 22.3. The minimum absolute atomic E-state index is 0.0330. The minimum Gasteiger partial charge on any atom is -0.496 e. The molecule has 194 valence electrons. The van der Waals surface area contributed by atoms with Crippen molar-refractivity contribution in [3.63, 3.8) is 0 Å². The predicted molar refractivity (Wildman–Crippen MR) is 146 cm³/mol. The fraction of sp³-hybridized carbons (Fsp3) is 0.467. The number of nitrogens with zero attached hydrogens (tertiary/aromatic N) is 2. The molecule has 2 aromatic carbocycles. The summed E-state index contributed by atoms with van der Waals surface area (Å²) in [5, 5.41) is 1.17. The highest BCUT2D eigenvalue weighted by atomic mass is 16.5. The van der Waals surface area contributed by atoms with Crippen LogP contribution in [0.15, 0.2) is 54.7 Å². The Balaban J connectivity index is 1.76. The summed E-state index contributed by atoms with van der Waals surface area (Å²) in [5.74, 6) is 0.773. The van der Waals surface area contributed by atoms with Crippen molar-refractivity contribution in [1.29, 1.82) is 0 Å². The van der Waals surface area contributed by atoms with Crippen molar-refractivity contribution in [2.24, 2.45) is 0 Å². The third-order valence-corrected chi connectivity index (χ3v) is 6.73. The summed E-state index contributed by atoms with van der Waals surface area (Å²) in [6.45, 7) is 7.19. The number of ether oxygens (including phenoxy) is 1. The van der Waals surface area contributed by atoms with Gasteiger partial charge in [-0.25, -0.2) is 0 Å². The molecule has 0 bridgehead atoms. The van der Waals surface area contributed by atoms with Crippen molar-refractivity contribution in [3.05, 3.63) is 65.9 Å². The number of rotatable bonds is 14. The maximum atomic E-state index is 13.6. The number of carbonyl (C=O) groups is 2. The lowest BCUT2D eigenvalue weighted by Gasteiger charge is -2.30. The van der Waals surface area contributed by atoms with E-state index in [9.17, 15) is 9.59 Å². The van der Waals surface area contributed by atoms with Gasteiger partial charge in [-0.15, -0.1) is 0 Å². The number of aromatic amines is 1. The number of aromatic nitrogens is 1. The van der Waals surface area contributed by atoms with Gasteiger partial charge in [0.1, 0.15) is 5.75 Å². The fourth-order valence-corrected chi connectivity index (χ4v) is 4.58. The average Bonchev–Trinajstić information content (AvgIpc) is 3.30. The maximum absolute atomic E-state index is 13.6. The van der Waals surface area contributed by atoms with Crippen molar-refractivity contribution in [1.82, 2.24) is 14.8 Å². The lowest BCUT2D eigenvalue weighted by atomic mass is 10.1. The molecule has 36 heavy (non-hydrogen) atoms. The molecule has 0 radical (unpaired) electrons. The van der Waals surface area contributed by atoms with Crippen LogP contribution in [-0.2, 0) is 22.6 Å². The number of methoxy groups -OCH3 is 1. The standard InChI is InChI=1S/C30H41N3O3/c1-5-6-7-8-17-29(34)33(23(2)3)22-30(35)32(21-25-13-9-12-16-28(25)36-4)19-18-24-20-31-27-15-11-10-14-26(24)27/h9-16,20,23,31H,5-8,17-19,21-22H2,1-4H3. The first-order chi connectivity index (χ1) is 17.4. The molecule has 0 fully saturated rings. The van der Waals surface area contributed by atoms with Crippen molar-refractivity contribution in [2.75, 3.05) is 20.2 Å². The number of nitrogens with one attached hydrogen (secondary N) is 1. The number of hydrogen-bond donors (Lipinski definition) is 1. The highest BCUT2D eigenvalue weighted by Crippen LogP contribution is 2.22. The number of fused-ring (bicyclic) bond motifs is 1. The molecule has 0 aliphatic heterocycles. The molecular weight excluding hydrogens is 450 g/mol. The molecule has 3 rings (SSSR count). The maximum Gasteiger partial charge on any atom is 0.242 e. The van der Waals surface area contributed by atoms with Crippen LogP contribution in [0.5, 0.6) is 5.75 Å². The first kappa shape index (κ1) is 27.3. The van der Waals surface area contributed by atoms with Gasteiger partial charge in [0.05, 0.1) is 13.7 Å². The van der Waals surface area contributed by atoms with E-state index in [1.807, 2.05) is 61.3 Å². The van der Waals surface area contributed by atoms with Gasteiger partial charge in [-0.05, 0) is 44.4 Å². The van der Waals surface area contributed by atoms with Gasteiger partial charge in [-0.1, -0.05) is 62.6 Å². The molecule has 0 atom stereocenters. The second kappa shape index (κ2) is 13.7. The fourth-order valence-electron chi connectivity index (χ4n) is 4.58. The van der Waals surface area contributed by atoms with E-state index in [2.05, 4.69) is 24.0 Å². The second-order valence-corrected chi connectivity index (χ2v) is 9.66. The molecule has 0 aliphatic rings. The van der Waals surface area contributed by atoms with Gasteiger partial charge >= 0.3 is 0 Å². The van der Waals surface area contributed by atoms with E-state index in [1.165, 1.54) is 10.9 Å². The lowest BCUT2D eigenvalue weighted by Crippen LogP contribution is -2.46. The SMILES string of the molecule is CCCCCCC(=O)N(CC(=O)N(CCc1c[nH]c2ccccc12)Cc1ccccc1OC)C(C)C. The summed E-state index contributed by atoms with van der Waals surface area (Å²) in [7, 11) is 1.65. The van der Waals surface area contributed by atoms with E-state index >= 15 is 0 Å². The number of benzene rings is 2. The molecule has 0 saturated carbocycles. The lowest BCUT2D eigenvalue weighted by molar-refractivity contribution is -0.142. The highest BCUT2D eigenvalue weighted by Gasteiger charge is 2.24. The second-order valence-electron chi connectivity index (χ2n) is 9.66. The quantitative estimate of drug-likeness (QED) is 0.283. The summed E-state index contributed by atoms with van der Waals surface area (Å²) >= 11 is 0. The van der Waals surface area contributed by atoms with Crippen molar-refractivity contribution in [2.45, 2.75) is 71.9 Å². The molecule has 1 N–H and O–H groups in total. The molecule has 6 heteroatoms. The Bertz CT molecular complexity index is 1120. The molecule has 0 saturated heterocycles. The Morgan fingerprint density at radius 2 is 1.69 bits per heavy atom. The number of para-hydroxylation sites is 2. The van der Waals surface area contributed by atoms with E-state index < -0.39 is 0 Å². The van der Waals surface area contributed by atoms with Gasteiger partial charge < -0.3 is 19.5 Å². The van der Waals surface area contributed by atoms with Gasteiger partial charge in [0.15, 0.2) is 0 Å². The van der Waals surface area contributed by atoms with Crippen LogP contribution in [0, 0.1) is 0 Å². The highest BCUT2D eigenvalue weighted by molar-refractivity contribution is 5.85. The monoisotopic (exact) mass is 491 g/mol. The van der Waals surface area contributed by atoms with Crippen molar-refractivity contribution in [3.8, 4) is 5.75 Å². The first-order valence-electron chi connectivity index (χ1n) is 13.2. The first-order valence-corrected chi connectivity index (χ1v) is 13.2. The number of unbranched alkanes of at least 4 members (excludes halogenated alkanes) is 3. The molecule has 2 amide bonds. The van der Waals surface area contributed by atoms with Crippen LogP contribution < -0.4 is 4.74 Å². The Hall–Kier alpha value is -3.28. The van der Waals surface area contributed by atoms with Gasteiger partial charge in [-0.2, -0.15) is 0 Å². The third-order valence-electron chi connectivity index (χ3n) is 6.73. The third kappa shape index (κ3) is 7.36. The zero-order chi connectivity index (χ0) is 25.9. The zero-order valence-electron chi connectivity index (χ0n) is 22.3. The number of hydrogen-bond acceptors (Lipinski definition) is 3.